The summed E-state index contributed by atoms with van der Waals surface area (Å²) in [5.41, 5.74) is 1.48. The van der Waals surface area contributed by atoms with Crippen LogP contribution in [0.25, 0.3) is 17.1 Å². The summed E-state index contributed by atoms with van der Waals surface area (Å²) in [5.74, 6) is 2.00. The van der Waals surface area contributed by atoms with Gasteiger partial charge in [0.15, 0.2) is 11.0 Å². The lowest BCUT2D eigenvalue weighted by Crippen LogP contribution is -2.22. The first-order chi connectivity index (χ1) is 12.9. The zero-order valence-electron chi connectivity index (χ0n) is 16.0. The maximum absolute atomic E-state index is 12.4. The maximum atomic E-state index is 12.4. The molecule has 0 atom stereocenters. The molecular weight excluding hydrogens is 358 g/mol. The van der Waals surface area contributed by atoms with Gasteiger partial charge in [0, 0.05) is 16.7 Å². The summed E-state index contributed by atoms with van der Waals surface area (Å²) in [6.45, 7) is 5.79. The van der Waals surface area contributed by atoms with Crippen molar-refractivity contribution in [2.24, 2.45) is 5.41 Å². The average molecular weight is 382 g/mol. The number of nitrogens with zero attached hydrogens (tertiary/aromatic N) is 3. The van der Waals surface area contributed by atoms with Crippen molar-refractivity contribution in [2.45, 2.75) is 25.9 Å². The van der Waals surface area contributed by atoms with Crippen molar-refractivity contribution in [3.05, 3.63) is 54.6 Å². The molecule has 0 aliphatic heterocycles. The van der Waals surface area contributed by atoms with Gasteiger partial charge < -0.3 is 4.74 Å². The molecule has 0 N–H and O–H groups in total. The molecule has 0 saturated heterocycles. The first-order valence-corrected chi connectivity index (χ1v) is 9.70. The monoisotopic (exact) mass is 381 g/mol. The minimum absolute atomic E-state index is 0.179. The lowest BCUT2D eigenvalue weighted by atomic mass is 9.92. The normalized spacial score (nSPS) is 11.4. The Morgan fingerprint density at radius 3 is 2.48 bits per heavy atom. The third kappa shape index (κ3) is 4.39. The molecule has 0 radical (unpaired) electrons. The Kier molecular flexibility index (Phi) is 5.65. The summed E-state index contributed by atoms with van der Waals surface area (Å²) in [5, 5.41) is 9.46. The van der Waals surface area contributed by atoms with Gasteiger partial charge in [-0.2, -0.15) is 0 Å². The van der Waals surface area contributed by atoms with Crippen LogP contribution in [-0.4, -0.2) is 33.4 Å². The van der Waals surface area contributed by atoms with E-state index in [1.807, 2.05) is 79.9 Å². The SMILES string of the molecule is COc1cccc(-c2nnc(SCC(=O)C(C)(C)C)n2-c2ccccc2)c1. The number of hydrogen-bond donors (Lipinski definition) is 0. The molecule has 0 fully saturated rings. The summed E-state index contributed by atoms with van der Waals surface area (Å²) < 4.78 is 7.32. The van der Waals surface area contributed by atoms with Gasteiger partial charge in [0.2, 0.25) is 0 Å². The van der Waals surface area contributed by atoms with Gasteiger partial charge in [-0.05, 0) is 24.3 Å². The number of rotatable bonds is 6. The van der Waals surface area contributed by atoms with Crippen LogP contribution in [0.3, 0.4) is 0 Å². The highest BCUT2D eigenvalue weighted by molar-refractivity contribution is 7.99. The lowest BCUT2D eigenvalue weighted by molar-refractivity contribution is -0.123. The zero-order valence-corrected chi connectivity index (χ0v) is 16.8. The molecular formula is C21H23N3O2S. The van der Waals surface area contributed by atoms with Crippen LogP contribution in [0.1, 0.15) is 20.8 Å². The van der Waals surface area contributed by atoms with E-state index in [1.54, 1.807) is 7.11 Å². The van der Waals surface area contributed by atoms with E-state index < -0.39 is 0 Å². The topological polar surface area (TPSA) is 57.0 Å². The number of benzene rings is 2. The fraction of sp³-hybridized carbons (Fsp3) is 0.286. The van der Waals surface area contributed by atoms with E-state index >= 15 is 0 Å². The molecule has 6 heteroatoms. The van der Waals surface area contributed by atoms with Gasteiger partial charge in [-0.15, -0.1) is 10.2 Å². The number of methoxy groups -OCH3 is 1. The maximum Gasteiger partial charge on any atom is 0.196 e. The minimum atomic E-state index is -0.375. The van der Waals surface area contributed by atoms with Gasteiger partial charge in [0.1, 0.15) is 11.5 Å². The van der Waals surface area contributed by atoms with E-state index in [9.17, 15) is 4.79 Å². The first kappa shape index (κ1) is 19.2. The number of hydrogen-bond acceptors (Lipinski definition) is 5. The number of para-hydroxylation sites is 1. The predicted octanol–water partition coefficient (Wildman–Crippen LogP) is 4.65. The fourth-order valence-corrected chi connectivity index (χ4v) is 3.58. The Hall–Kier alpha value is -2.60. The number of ketones is 1. The minimum Gasteiger partial charge on any atom is -0.497 e. The fourth-order valence-electron chi connectivity index (χ4n) is 2.47. The van der Waals surface area contributed by atoms with Crippen LogP contribution in [0.15, 0.2) is 59.8 Å². The standard InChI is InChI=1S/C21H23N3O2S/c1-21(2,3)18(25)14-27-20-23-22-19(15-9-8-12-17(13-15)26-4)24(20)16-10-6-5-7-11-16/h5-13H,14H2,1-4H3. The van der Waals surface area contributed by atoms with Crippen LogP contribution in [0.2, 0.25) is 0 Å². The van der Waals surface area contributed by atoms with Crippen molar-refractivity contribution in [3.8, 4) is 22.8 Å². The molecule has 2 aromatic carbocycles. The zero-order chi connectivity index (χ0) is 19.4. The second kappa shape index (κ2) is 7.96. The molecule has 5 nitrogen and oxygen atoms in total. The van der Waals surface area contributed by atoms with E-state index in [-0.39, 0.29) is 11.2 Å². The molecule has 0 aliphatic carbocycles. The number of carbonyl (C=O) groups excluding carboxylic acids is 1. The van der Waals surface area contributed by atoms with Gasteiger partial charge in [0.25, 0.3) is 0 Å². The summed E-state index contributed by atoms with van der Waals surface area (Å²) >= 11 is 1.41. The summed E-state index contributed by atoms with van der Waals surface area (Å²) in [4.78, 5) is 12.4. The van der Waals surface area contributed by atoms with Crippen molar-refractivity contribution >= 4 is 17.5 Å². The smallest absolute Gasteiger partial charge is 0.196 e. The molecule has 3 rings (SSSR count). The highest BCUT2D eigenvalue weighted by atomic mass is 32.2. The van der Waals surface area contributed by atoms with Crippen LogP contribution >= 0.6 is 11.8 Å². The number of aromatic nitrogens is 3. The van der Waals surface area contributed by atoms with Crippen molar-refractivity contribution in [1.29, 1.82) is 0 Å². The largest absolute Gasteiger partial charge is 0.497 e. The summed E-state index contributed by atoms with van der Waals surface area (Å²) in [6.07, 6.45) is 0. The molecule has 0 saturated carbocycles. The van der Waals surface area contributed by atoms with Crippen LogP contribution in [-0.2, 0) is 4.79 Å². The molecule has 0 spiro atoms. The molecule has 0 unspecified atom stereocenters. The molecule has 3 aromatic rings. The van der Waals surface area contributed by atoms with Crippen molar-refractivity contribution in [2.75, 3.05) is 12.9 Å². The average Bonchev–Trinajstić information content (AvgIpc) is 3.10. The van der Waals surface area contributed by atoms with E-state index in [4.69, 9.17) is 4.74 Å². The van der Waals surface area contributed by atoms with E-state index in [0.717, 1.165) is 17.0 Å². The van der Waals surface area contributed by atoms with Gasteiger partial charge in [-0.3, -0.25) is 9.36 Å². The Morgan fingerprint density at radius 1 is 1.07 bits per heavy atom. The summed E-state index contributed by atoms with van der Waals surface area (Å²) in [6, 6.07) is 17.6. The third-order valence-electron chi connectivity index (χ3n) is 4.14. The first-order valence-electron chi connectivity index (χ1n) is 8.71. The molecule has 0 amide bonds. The number of ether oxygens (including phenoxy) is 1. The number of carbonyl (C=O) groups is 1. The Morgan fingerprint density at radius 2 is 1.81 bits per heavy atom. The van der Waals surface area contributed by atoms with Crippen molar-refractivity contribution in [1.82, 2.24) is 14.8 Å². The van der Waals surface area contributed by atoms with Gasteiger partial charge in [-0.1, -0.05) is 62.9 Å². The second-order valence-corrected chi connectivity index (χ2v) is 8.11. The second-order valence-electron chi connectivity index (χ2n) is 7.17. The molecule has 0 aliphatic rings. The Bertz CT molecular complexity index is 930. The molecule has 1 heterocycles. The number of thioether (sulfide) groups is 1. The predicted molar refractivity (Wildman–Crippen MR) is 109 cm³/mol. The van der Waals surface area contributed by atoms with E-state index in [0.29, 0.717) is 16.7 Å². The van der Waals surface area contributed by atoms with Crippen LogP contribution in [0.5, 0.6) is 5.75 Å². The lowest BCUT2D eigenvalue weighted by Gasteiger charge is -2.16. The van der Waals surface area contributed by atoms with Gasteiger partial charge in [0.05, 0.1) is 12.9 Å². The quantitative estimate of drug-likeness (QED) is 0.582. The Balaban J connectivity index is 2.02. The molecule has 1 aromatic heterocycles. The van der Waals surface area contributed by atoms with Crippen LogP contribution in [0, 0.1) is 5.41 Å². The van der Waals surface area contributed by atoms with E-state index in [1.165, 1.54) is 11.8 Å². The molecule has 27 heavy (non-hydrogen) atoms. The highest BCUT2D eigenvalue weighted by Crippen LogP contribution is 2.30. The molecule has 0 bridgehead atoms. The highest BCUT2D eigenvalue weighted by Gasteiger charge is 2.23. The van der Waals surface area contributed by atoms with Gasteiger partial charge in [-0.25, -0.2) is 0 Å². The van der Waals surface area contributed by atoms with Crippen molar-refractivity contribution < 1.29 is 9.53 Å². The molecule has 140 valence electrons. The third-order valence-corrected chi connectivity index (χ3v) is 5.07. The summed E-state index contributed by atoms with van der Waals surface area (Å²) in [7, 11) is 1.64. The number of Topliss-reactive ketones (excluding diaryl/α,β-unsaturated/α-hetero) is 1. The van der Waals surface area contributed by atoms with Crippen molar-refractivity contribution in [3.63, 3.8) is 0 Å². The Labute approximate surface area is 163 Å². The van der Waals surface area contributed by atoms with Crippen LogP contribution in [0.4, 0.5) is 0 Å². The van der Waals surface area contributed by atoms with Crippen LogP contribution < -0.4 is 4.74 Å². The van der Waals surface area contributed by atoms with Gasteiger partial charge >= 0.3 is 0 Å². The van der Waals surface area contributed by atoms with E-state index in [2.05, 4.69) is 10.2 Å².